The predicted octanol–water partition coefficient (Wildman–Crippen LogP) is 0.734. The quantitative estimate of drug-likeness (QED) is 0.820. The van der Waals surface area contributed by atoms with E-state index in [0.717, 1.165) is 38.2 Å². The maximum atomic E-state index is 11.7. The lowest BCUT2D eigenvalue weighted by Crippen LogP contribution is -2.27. The maximum absolute atomic E-state index is 11.7. The van der Waals surface area contributed by atoms with Crippen molar-refractivity contribution in [1.82, 2.24) is 4.57 Å². The summed E-state index contributed by atoms with van der Waals surface area (Å²) in [6, 6.07) is 3.39. The van der Waals surface area contributed by atoms with Gasteiger partial charge in [0.1, 0.15) is 0 Å². The second kappa shape index (κ2) is 5.27. The van der Waals surface area contributed by atoms with E-state index in [4.69, 9.17) is 10.5 Å². The van der Waals surface area contributed by atoms with Gasteiger partial charge in [0.25, 0.3) is 5.56 Å². The lowest BCUT2D eigenvalue weighted by molar-refractivity contribution is 0.0609. The lowest BCUT2D eigenvalue weighted by Gasteiger charge is -2.22. The second-order valence-corrected chi connectivity index (χ2v) is 4.29. The Kier molecular flexibility index (Phi) is 3.74. The Labute approximate surface area is 95.0 Å². The molecule has 0 saturated carbocycles. The van der Waals surface area contributed by atoms with Gasteiger partial charge in [0.2, 0.25) is 0 Å². The minimum Gasteiger partial charge on any atom is -0.381 e. The molecule has 1 saturated heterocycles. The van der Waals surface area contributed by atoms with Crippen molar-refractivity contribution < 1.29 is 4.74 Å². The van der Waals surface area contributed by atoms with Crippen LogP contribution in [0.2, 0.25) is 0 Å². The van der Waals surface area contributed by atoms with Crippen molar-refractivity contribution >= 4 is 0 Å². The van der Waals surface area contributed by atoms with Crippen molar-refractivity contribution in [2.24, 2.45) is 11.7 Å². The van der Waals surface area contributed by atoms with Gasteiger partial charge in [-0.05, 0) is 24.3 Å². The summed E-state index contributed by atoms with van der Waals surface area (Å²) < 4.78 is 7.08. The first kappa shape index (κ1) is 11.4. The molecule has 4 heteroatoms. The molecular formula is C12H18N2O2. The normalized spacial score (nSPS) is 17.6. The van der Waals surface area contributed by atoms with Crippen molar-refractivity contribution in [1.29, 1.82) is 0 Å². The molecule has 4 nitrogen and oxygen atoms in total. The van der Waals surface area contributed by atoms with Crippen molar-refractivity contribution in [3.63, 3.8) is 0 Å². The minimum atomic E-state index is 0.0590. The highest BCUT2D eigenvalue weighted by atomic mass is 16.5. The van der Waals surface area contributed by atoms with E-state index in [2.05, 4.69) is 0 Å². The van der Waals surface area contributed by atoms with E-state index in [-0.39, 0.29) is 5.56 Å². The standard InChI is InChI=1S/C12H18N2O2/c13-7-11-1-2-12(15)14(9-11)8-10-3-5-16-6-4-10/h1-2,9-10H,3-8,13H2. The van der Waals surface area contributed by atoms with Gasteiger partial charge in [-0.15, -0.1) is 0 Å². The van der Waals surface area contributed by atoms with Crippen LogP contribution in [0.4, 0.5) is 0 Å². The Hall–Kier alpha value is -1.13. The van der Waals surface area contributed by atoms with Gasteiger partial charge in [-0.2, -0.15) is 0 Å². The molecule has 1 aliphatic heterocycles. The highest BCUT2D eigenvalue weighted by Gasteiger charge is 2.14. The number of ether oxygens (including phenoxy) is 1. The first-order chi connectivity index (χ1) is 7.79. The van der Waals surface area contributed by atoms with Crippen LogP contribution in [-0.2, 0) is 17.8 Å². The average Bonchev–Trinajstić information content (AvgIpc) is 2.33. The van der Waals surface area contributed by atoms with Gasteiger partial charge in [0.05, 0.1) is 0 Å². The van der Waals surface area contributed by atoms with Crippen molar-refractivity contribution in [2.75, 3.05) is 13.2 Å². The third-order valence-corrected chi connectivity index (χ3v) is 3.08. The molecule has 0 spiro atoms. The maximum Gasteiger partial charge on any atom is 0.250 e. The van der Waals surface area contributed by atoms with Crippen LogP contribution in [0.3, 0.4) is 0 Å². The van der Waals surface area contributed by atoms with Gasteiger partial charge in [-0.1, -0.05) is 6.07 Å². The van der Waals surface area contributed by atoms with Crippen LogP contribution in [0.15, 0.2) is 23.1 Å². The Balaban J connectivity index is 2.10. The minimum absolute atomic E-state index is 0.0590. The molecule has 0 amide bonds. The van der Waals surface area contributed by atoms with Crippen LogP contribution < -0.4 is 11.3 Å². The number of nitrogens with zero attached hydrogens (tertiary/aromatic N) is 1. The lowest BCUT2D eigenvalue weighted by atomic mass is 10.0. The Morgan fingerprint density at radius 1 is 1.38 bits per heavy atom. The van der Waals surface area contributed by atoms with Crippen LogP contribution in [0.5, 0.6) is 0 Å². The zero-order valence-corrected chi connectivity index (χ0v) is 9.39. The smallest absolute Gasteiger partial charge is 0.250 e. The molecular weight excluding hydrogens is 204 g/mol. The summed E-state index contributed by atoms with van der Waals surface area (Å²) in [5.74, 6) is 0.555. The fourth-order valence-electron chi connectivity index (χ4n) is 2.05. The third kappa shape index (κ3) is 2.71. The number of rotatable bonds is 3. The summed E-state index contributed by atoms with van der Waals surface area (Å²) >= 11 is 0. The van der Waals surface area contributed by atoms with Crippen molar-refractivity contribution in [2.45, 2.75) is 25.9 Å². The summed E-state index contributed by atoms with van der Waals surface area (Å²) in [4.78, 5) is 11.7. The van der Waals surface area contributed by atoms with Gasteiger partial charge < -0.3 is 15.0 Å². The number of hydrogen-bond donors (Lipinski definition) is 1. The molecule has 0 atom stereocenters. The van der Waals surface area contributed by atoms with Crippen molar-refractivity contribution in [3.05, 3.63) is 34.2 Å². The molecule has 16 heavy (non-hydrogen) atoms. The van der Waals surface area contributed by atoms with E-state index in [1.54, 1.807) is 16.7 Å². The molecule has 0 aliphatic carbocycles. The van der Waals surface area contributed by atoms with Crippen LogP contribution in [-0.4, -0.2) is 17.8 Å². The summed E-state index contributed by atoms with van der Waals surface area (Å²) in [6.45, 7) is 2.90. The van der Waals surface area contributed by atoms with Gasteiger partial charge in [-0.25, -0.2) is 0 Å². The summed E-state index contributed by atoms with van der Waals surface area (Å²) in [5.41, 5.74) is 6.63. The Morgan fingerprint density at radius 3 is 2.81 bits per heavy atom. The monoisotopic (exact) mass is 222 g/mol. The second-order valence-electron chi connectivity index (χ2n) is 4.29. The molecule has 1 aromatic heterocycles. The van der Waals surface area contributed by atoms with E-state index in [1.165, 1.54) is 0 Å². The average molecular weight is 222 g/mol. The molecule has 0 unspecified atom stereocenters. The van der Waals surface area contributed by atoms with Crippen LogP contribution in [0.25, 0.3) is 0 Å². The number of pyridine rings is 1. The first-order valence-corrected chi connectivity index (χ1v) is 5.77. The first-order valence-electron chi connectivity index (χ1n) is 5.77. The number of nitrogens with two attached hydrogens (primary N) is 1. The third-order valence-electron chi connectivity index (χ3n) is 3.08. The van der Waals surface area contributed by atoms with Crippen LogP contribution in [0, 0.1) is 5.92 Å². The summed E-state index contributed by atoms with van der Waals surface area (Å²) in [5, 5.41) is 0. The molecule has 2 heterocycles. The summed E-state index contributed by atoms with van der Waals surface area (Å²) in [7, 11) is 0. The molecule has 2 N–H and O–H groups in total. The molecule has 0 aromatic carbocycles. The van der Waals surface area contributed by atoms with Gasteiger partial charge in [0.15, 0.2) is 0 Å². The molecule has 1 aliphatic rings. The van der Waals surface area contributed by atoms with Crippen molar-refractivity contribution in [3.8, 4) is 0 Å². The highest BCUT2D eigenvalue weighted by Crippen LogP contribution is 2.16. The molecule has 1 fully saturated rings. The van der Waals surface area contributed by atoms with Gasteiger partial charge in [0, 0.05) is 38.6 Å². The SMILES string of the molecule is NCc1ccc(=O)n(CC2CCOCC2)c1. The molecule has 88 valence electrons. The zero-order valence-electron chi connectivity index (χ0n) is 9.39. The Morgan fingerprint density at radius 2 is 2.12 bits per heavy atom. The van der Waals surface area contributed by atoms with E-state index < -0.39 is 0 Å². The Bertz CT molecular complexity index is 394. The van der Waals surface area contributed by atoms with E-state index in [0.29, 0.717) is 12.5 Å². The van der Waals surface area contributed by atoms with Gasteiger partial charge >= 0.3 is 0 Å². The topological polar surface area (TPSA) is 57.2 Å². The molecule has 0 radical (unpaired) electrons. The number of aromatic nitrogens is 1. The molecule has 1 aromatic rings. The fraction of sp³-hybridized carbons (Fsp3) is 0.583. The predicted molar refractivity (Wildman–Crippen MR) is 62.1 cm³/mol. The fourth-order valence-corrected chi connectivity index (χ4v) is 2.05. The largest absolute Gasteiger partial charge is 0.381 e. The van der Waals surface area contributed by atoms with E-state index >= 15 is 0 Å². The highest BCUT2D eigenvalue weighted by molar-refractivity contribution is 5.09. The molecule has 0 bridgehead atoms. The molecule has 2 rings (SSSR count). The number of hydrogen-bond acceptors (Lipinski definition) is 3. The van der Waals surface area contributed by atoms with E-state index in [1.807, 2.05) is 6.20 Å². The van der Waals surface area contributed by atoms with Gasteiger partial charge in [-0.3, -0.25) is 4.79 Å². The zero-order chi connectivity index (χ0) is 11.4. The van der Waals surface area contributed by atoms with Crippen LogP contribution in [0.1, 0.15) is 18.4 Å². The summed E-state index contributed by atoms with van der Waals surface area (Å²) in [6.07, 6.45) is 3.95. The van der Waals surface area contributed by atoms with Crippen LogP contribution >= 0.6 is 0 Å². The van der Waals surface area contributed by atoms with E-state index in [9.17, 15) is 4.79 Å².